The average Bonchev–Trinajstić information content (AvgIpc) is 3.05. The predicted molar refractivity (Wildman–Crippen MR) is 120 cm³/mol. The molecule has 2 saturated heterocycles. The largest absolute Gasteiger partial charge is 0.355 e. The van der Waals surface area contributed by atoms with Gasteiger partial charge in [-0.25, -0.2) is 8.42 Å². The molecule has 3 heterocycles. The summed E-state index contributed by atoms with van der Waals surface area (Å²) in [6.07, 6.45) is 5.00. The summed E-state index contributed by atoms with van der Waals surface area (Å²) in [7, 11) is -3.47. The van der Waals surface area contributed by atoms with E-state index in [0.717, 1.165) is 35.9 Å². The highest BCUT2D eigenvalue weighted by Crippen LogP contribution is 2.23. The first-order chi connectivity index (χ1) is 14.4. The Kier molecular flexibility index (Phi) is 6.24. The van der Waals surface area contributed by atoms with E-state index in [1.807, 2.05) is 32.0 Å². The summed E-state index contributed by atoms with van der Waals surface area (Å²) in [6.45, 7) is 8.15. The normalized spacial score (nSPS) is 19.0. The van der Waals surface area contributed by atoms with Crippen molar-refractivity contribution in [3.05, 3.63) is 41.5 Å². The summed E-state index contributed by atoms with van der Waals surface area (Å²) >= 11 is 0. The van der Waals surface area contributed by atoms with Crippen LogP contribution in [-0.4, -0.2) is 62.2 Å². The minimum Gasteiger partial charge on any atom is -0.355 e. The molecule has 7 nitrogen and oxygen atoms in total. The molecule has 2 aromatic rings. The number of benzene rings is 1. The van der Waals surface area contributed by atoms with E-state index in [4.69, 9.17) is 0 Å². The van der Waals surface area contributed by atoms with Crippen molar-refractivity contribution < 1.29 is 8.42 Å². The molecular formula is C22H31N5O2S. The van der Waals surface area contributed by atoms with E-state index in [1.54, 1.807) is 16.4 Å². The molecule has 8 heteroatoms. The topological polar surface area (TPSA) is 69.6 Å². The number of hydrogen-bond donors (Lipinski definition) is 0. The molecule has 4 rings (SSSR count). The molecule has 0 bridgehead atoms. The summed E-state index contributed by atoms with van der Waals surface area (Å²) in [5, 5.41) is 8.90. The Hall–Kier alpha value is -2.19. The first kappa shape index (κ1) is 21.1. The van der Waals surface area contributed by atoms with Crippen molar-refractivity contribution in [2.75, 3.05) is 49.1 Å². The monoisotopic (exact) mass is 429 g/mol. The Labute approximate surface area is 179 Å². The molecule has 2 fully saturated rings. The third-order valence-electron chi connectivity index (χ3n) is 6.25. The van der Waals surface area contributed by atoms with Crippen molar-refractivity contribution in [2.45, 2.75) is 44.4 Å². The zero-order chi connectivity index (χ0) is 21.1. The number of rotatable bonds is 4. The lowest BCUT2D eigenvalue weighted by Crippen LogP contribution is -2.49. The standard InChI is InChI=1S/C22H31N5O2S/c1-18-7-8-20(17-19(18)2)30(28,29)27-15-13-26(14-16-27)22-10-9-21(23-24-22)25-11-5-3-4-6-12-25/h7-10,17H,3-6,11-16H2,1-2H3. The summed E-state index contributed by atoms with van der Waals surface area (Å²) in [5.74, 6) is 1.76. The highest BCUT2D eigenvalue weighted by Gasteiger charge is 2.29. The fourth-order valence-electron chi connectivity index (χ4n) is 4.14. The van der Waals surface area contributed by atoms with Crippen LogP contribution in [0.1, 0.15) is 36.8 Å². The van der Waals surface area contributed by atoms with Crippen LogP contribution in [0.4, 0.5) is 11.6 Å². The number of piperazine rings is 1. The van der Waals surface area contributed by atoms with Gasteiger partial charge in [0.05, 0.1) is 4.90 Å². The molecule has 0 atom stereocenters. The van der Waals surface area contributed by atoms with Gasteiger partial charge >= 0.3 is 0 Å². The van der Waals surface area contributed by atoms with E-state index >= 15 is 0 Å². The van der Waals surface area contributed by atoms with Crippen LogP contribution in [0, 0.1) is 13.8 Å². The van der Waals surface area contributed by atoms with Crippen molar-refractivity contribution in [3.63, 3.8) is 0 Å². The van der Waals surface area contributed by atoms with Crippen LogP contribution in [0.25, 0.3) is 0 Å². The van der Waals surface area contributed by atoms with Crippen molar-refractivity contribution in [3.8, 4) is 0 Å². The van der Waals surface area contributed by atoms with Crippen LogP contribution in [0.15, 0.2) is 35.2 Å². The second-order valence-electron chi connectivity index (χ2n) is 8.29. The van der Waals surface area contributed by atoms with Gasteiger partial charge in [0.25, 0.3) is 0 Å². The van der Waals surface area contributed by atoms with Gasteiger partial charge in [-0.1, -0.05) is 18.9 Å². The quantitative estimate of drug-likeness (QED) is 0.744. The molecule has 0 radical (unpaired) electrons. The SMILES string of the molecule is Cc1ccc(S(=O)(=O)N2CCN(c3ccc(N4CCCCCC4)nn3)CC2)cc1C. The molecule has 0 N–H and O–H groups in total. The van der Waals surface area contributed by atoms with E-state index in [1.165, 1.54) is 25.7 Å². The maximum absolute atomic E-state index is 13.0. The zero-order valence-electron chi connectivity index (χ0n) is 17.9. The second-order valence-corrected chi connectivity index (χ2v) is 10.2. The molecule has 0 unspecified atom stereocenters. The van der Waals surface area contributed by atoms with Crippen molar-refractivity contribution in [1.82, 2.24) is 14.5 Å². The molecule has 2 aliphatic heterocycles. The van der Waals surface area contributed by atoms with E-state index in [0.29, 0.717) is 31.1 Å². The predicted octanol–water partition coefficient (Wildman–Crippen LogP) is 2.98. The van der Waals surface area contributed by atoms with Crippen molar-refractivity contribution >= 4 is 21.7 Å². The van der Waals surface area contributed by atoms with Crippen molar-refractivity contribution in [1.29, 1.82) is 0 Å². The third kappa shape index (κ3) is 4.44. The van der Waals surface area contributed by atoms with Crippen LogP contribution < -0.4 is 9.80 Å². The molecule has 0 aliphatic carbocycles. The van der Waals surface area contributed by atoms with Crippen LogP contribution in [0.5, 0.6) is 0 Å². The van der Waals surface area contributed by atoms with Gasteiger partial charge in [-0.15, -0.1) is 10.2 Å². The van der Waals surface area contributed by atoms with E-state index in [-0.39, 0.29) is 0 Å². The van der Waals surface area contributed by atoms with Gasteiger partial charge in [-0.05, 0) is 62.1 Å². The summed E-state index contributed by atoms with van der Waals surface area (Å²) in [4.78, 5) is 4.81. The lowest BCUT2D eigenvalue weighted by molar-refractivity contribution is 0.383. The molecular weight excluding hydrogens is 398 g/mol. The van der Waals surface area contributed by atoms with Gasteiger partial charge in [-0.3, -0.25) is 0 Å². The second kappa shape index (κ2) is 8.89. The Bertz CT molecular complexity index is 962. The number of aromatic nitrogens is 2. The Morgan fingerprint density at radius 2 is 1.27 bits per heavy atom. The number of anilines is 2. The fourth-order valence-corrected chi connectivity index (χ4v) is 5.64. The van der Waals surface area contributed by atoms with Crippen LogP contribution in [-0.2, 0) is 10.0 Å². The maximum Gasteiger partial charge on any atom is 0.243 e. The molecule has 1 aromatic carbocycles. The number of hydrogen-bond acceptors (Lipinski definition) is 6. The maximum atomic E-state index is 13.0. The summed E-state index contributed by atoms with van der Waals surface area (Å²) in [5.41, 5.74) is 2.09. The Morgan fingerprint density at radius 1 is 0.700 bits per heavy atom. The molecule has 30 heavy (non-hydrogen) atoms. The first-order valence-electron chi connectivity index (χ1n) is 10.9. The van der Waals surface area contributed by atoms with Gasteiger partial charge in [0.2, 0.25) is 10.0 Å². The molecule has 1 aromatic heterocycles. The highest BCUT2D eigenvalue weighted by atomic mass is 32.2. The molecule has 0 amide bonds. The van der Waals surface area contributed by atoms with E-state index in [2.05, 4.69) is 20.0 Å². The zero-order valence-corrected chi connectivity index (χ0v) is 18.7. The third-order valence-corrected chi connectivity index (χ3v) is 8.14. The molecule has 0 spiro atoms. The van der Waals surface area contributed by atoms with Crippen LogP contribution >= 0.6 is 0 Å². The Morgan fingerprint density at radius 3 is 1.80 bits per heavy atom. The highest BCUT2D eigenvalue weighted by molar-refractivity contribution is 7.89. The van der Waals surface area contributed by atoms with Gasteiger partial charge < -0.3 is 9.80 Å². The Balaban J connectivity index is 1.39. The van der Waals surface area contributed by atoms with Gasteiger partial charge in [-0.2, -0.15) is 4.31 Å². The fraction of sp³-hybridized carbons (Fsp3) is 0.545. The van der Waals surface area contributed by atoms with Crippen molar-refractivity contribution in [2.24, 2.45) is 0 Å². The summed E-state index contributed by atoms with van der Waals surface area (Å²) in [6, 6.07) is 9.41. The molecule has 0 saturated carbocycles. The van der Waals surface area contributed by atoms with E-state index in [9.17, 15) is 8.42 Å². The minimum atomic E-state index is -3.47. The number of sulfonamides is 1. The average molecular weight is 430 g/mol. The lowest BCUT2D eigenvalue weighted by Gasteiger charge is -2.34. The smallest absolute Gasteiger partial charge is 0.243 e. The van der Waals surface area contributed by atoms with Crippen LogP contribution in [0.3, 0.4) is 0 Å². The minimum absolute atomic E-state index is 0.376. The van der Waals surface area contributed by atoms with Gasteiger partial charge in [0.15, 0.2) is 11.6 Å². The van der Waals surface area contributed by atoms with Crippen LogP contribution in [0.2, 0.25) is 0 Å². The lowest BCUT2D eigenvalue weighted by atomic mass is 10.1. The van der Waals surface area contributed by atoms with Gasteiger partial charge in [0, 0.05) is 39.3 Å². The molecule has 162 valence electrons. The number of nitrogens with zero attached hydrogens (tertiary/aromatic N) is 5. The first-order valence-corrected chi connectivity index (χ1v) is 12.3. The van der Waals surface area contributed by atoms with E-state index < -0.39 is 10.0 Å². The number of aryl methyl sites for hydroxylation is 2. The van der Waals surface area contributed by atoms with Gasteiger partial charge in [0.1, 0.15) is 0 Å². The molecule has 2 aliphatic rings. The summed E-state index contributed by atoms with van der Waals surface area (Å²) < 4.78 is 27.6.